The minimum absolute atomic E-state index is 0.287. The third-order valence-electron chi connectivity index (χ3n) is 2.09. The Morgan fingerprint density at radius 3 is 2.50 bits per heavy atom. The lowest BCUT2D eigenvalue weighted by molar-refractivity contribution is 0.295. The van der Waals surface area contributed by atoms with E-state index >= 15 is 0 Å². The first-order valence-corrected chi connectivity index (χ1v) is 4.79. The first-order valence-electron chi connectivity index (χ1n) is 4.79. The number of hydrogen-bond donors (Lipinski definition) is 2. The van der Waals surface area contributed by atoms with E-state index in [0.717, 1.165) is 5.75 Å². The normalized spacial score (nSPS) is 10.3. The molecule has 0 aliphatic heterocycles. The zero-order chi connectivity index (χ0) is 11.5. The lowest BCUT2D eigenvalue weighted by Gasteiger charge is -2.03. The van der Waals surface area contributed by atoms with Crippen molar-refractivity contribution in [1.29, 1.82) is 0 Å². The number of hydrogen-bond acceptors (Lipinski definition) is 5. The number of ether oxygens (including phenoxy) is 1. The standard InChI is InChI=1S/C10H13N5O/c1-15-10(12)13-9(14-15)6-16-8-4-2-7(11)3-5-8/h2-5H,6,11H2,1H3,(H2,12,13,14). The van der Waals surface area contributed by atoms with E-state index in [1.165, 1.54) is 4.68 Å². The van der Waals surface area contributed by atoms with Crippen molar-refractivity contribution in [3.05, 3.63) is 30.1 Å². The molecule has 0 saturated heterocycles. The van der Waals surface area contributed by atoms with Crippen molar-refractivity contribution in [3.8, 4) is 5.75 Å². The second-order valence-electron chi connectivity index (χ2n) is 3.37. The van der Waals surface area contributed by atoms with Gasteiger partial charge < -0.3 is 16.2 Å². The number of benzene rings is 1. The predicted octanol–water partition coefficient (Wildman–Crippen LogP) is 0.559. The van der Waals surface area contributed by atoms with Gasteiger partial charge in [0.25, 0.3) is 0 Å². The summed E-state index contributed by atoms with van der Waals surface area (Å²) in [5.74, 6) is 1.65. The molecule has 6 heteroatoms. The van der Waals surface area contributed by atoms with E-state index in [-0.39, 0.29) is 6.61 Å². The van der Waals surface area contributed by atoms with Gasteiger partial charge >= 0.3 is 0 Å². The molecule has 0 amide bonds. The molecular formula is C10H13N5O. The van der Waals surface area contributed by atoms with Crippen LogP contribution in [0.15, 0.2) is 24.3 Å². The number of aryl methyl sites for hydroxylation is 1. The molecule has 0 spiro atoms. The van der Waals surface area contributed by atoms with Gasteiger partial charge in [-0.2, -0.15) is 10.1 Å². The first kappa shape index (κ1) is 10.3. The summed E-state index contributed by atoms with van der Waals surface area (Å²) in [7, 11) is 1.73. The van der Waals surface area contributed by atoms with Gasteiger partial charge in [0.15, 0.2) is 5.82 Å². The van der Waals surface area contributed by atoms with Gasteiger partial charge in [-0.05, 0) is 24.3 Å². The SMILES string of the molecule is Cn1nc(COc2ccc(N)cc2)nc1N. The molecule has 0 aliphatic rings. The highest BCUT2D eigenvalue weighted by molar-refractivity contribution is 5.41. The maximum Gasteiger partial charge on any atom is 0.218 e. The average Bonchev–Trinajstić information content (AvgIpc) is 2.58. The van der Waals surface area contributed by atoms with Crippen LogP contribution in [-0.4, -0.2) is 14.8 Å². The maximum atomic E-state index is 5.56. The summed E-state index contributed by atoms with van der Waals surface area (Å²) < 4.78 is 6.97. The largest absolute Gasteiger partial charge is 0.486 e. The molecule has 1 aromatic heterocycles. The fraction of sp³-hybridized carbons (Fsp3) is 0.200. The van der Waals surface area contributed by atoms with E-state index in [1.54, 1.807) is 31.3 Å². The molecule has 1 heterocycles. The molecule has 4 N–H and O–H groups in total. The summed E-state index contributed by atoms with van der Waals surface area (Å²) >= 11 is 0. The molecular weight excluding hydrogens is 206 g/mol. The van der Waals surface area contributed by atoms with Gasteiger partial charge in [-0.3, -0.25) is 0 Å². The topological polar surface area (TPSA) is 92.0 Å². The lowest BCUT2D eigenvalue weighted by Crippen LogP contribution is -1.99. The number of nitrogen functional groups attached to an aromatic ring is 2. The minimum atomic E-state index is 0.287. The first-order chi connectivity index (χ1) is 7.65. The second-order valence-corrected chi connectivity index (χ2v) is 3.37. The summed E-state index contributed by atoms with van der Waals surface area (Å²) in [6, 6.07) is 7.13. The Morgan fingerprint density at radius 2 is 1.94 bits per heavy atom. The highest BCUT2D eigenvalue weighted by Crippen LogP contribution is 2.14. The maximum absolute atomic E-state index is 5.56. The van der Waals surface area contributed by atoms with Crippen LogP contribution in [0.2, 0.25) is 0 Å². The number of rotatable bonds is 3. The van der Waals surface area contributed by atoms with E-state index in [4.69, 9.17) is 16.2 Å². The van der Waals surface area contributed by atoms with Crippen LogP contribution < -0.4 is 16.2 Å². The van der Waals surface area contributed by atoms with Crippen LogP contribution in [0.1, 0.15) is 5.82 Å². The number of aromatic nitrogens is 3. The van der Waals surface area contributed by atoms with Crippen LogP contribution in [0.3, 0.4) is 0 Å². The fourth-order valence-corrected chi connectivity index (χ4v) is 1.22. The molecule has 0 atom stereocenters. The smallest absolute Gasteiger partial charge is 0.218 e. The molecule has 0 radical (unpaired) electrons. The third-order valence-corrected chi connectivity index (χ3v) is 2.09. The Hall–Kier alpha value is -2.24. The van der Waals surface area contributed by atoms with Crippen molar-refractivity contribution in [1.82, 2.24) is 14.8 Å². The highest BCUT2D eigenvalue weighted by Gasteiger charge is 2.04. The van der Waals surface area contributed by atoms with Gasteiger partial charge in [-0.25, -0.2) is 4.68 Å². The molecule has 0 saturated carbocycles. The summed E-state index contributed by atoms with van der Waals surface area (Å²) in [5.41, 5.74) is 11.8. The Labute approximate surface area is 92.8 Å². The van der Waals surface area contributed by atoms with E-state index < -0.39 is 0 Å². The zero-order valence-electron chi connectivity index (χ0n) is 8.92. The van der Waals surface area contributed by atoms with E-state index in [0.29, 0.717) is 17.5 Å². The van der Waals surface area contributed by atoms with Crippen molar-refractivity contribution in [3.63, 3.8) is 0 Å². The molecule has 84 valence electrons. The van der Waals surface area contributed by atoms with Crippen LogP contribution in [0.5, 0.6) is 5.75 Å². The van der Waals surface area contributed by atoms with Gasteiger partial charge in [0, 0.05) is 12.7 Å². The predicted molar refractivity (Wildman–Crippen MR) is 60.6 cm³/mol. The second kappa shape index (κ2) is 4.09. The summed E-state index contributed by atoms with van der Waals surface area (Å²) in [6.07, 6.45) is 0. The third kappa shape index (κ3) is 2.22. The van der Waals surface area contributed by atoms with Crippen molar-refractivity contribution >= 4 is 11.6 Å². The van der Waals surface area contributed by atoms with E-state index in [1.807, 2.05) is 0 Å². The zero-order valence-corrected chi connectivity index (χ0v) is 8.92. The van der Waals surface area contributed by atoms with E-state index in [2.05, 4.69) is 10.1 Å². The molecule has 6 nitrogen and oxygen atoms in total. The molecule has 0 aliphatic carbocycles. The quantitative estimate of drug-likeness (QED) is 0.736. The van der Waals surface area contributed by atoms with Gasteiger partial charge in [0.05, 0.1) is 0 Å². The molecule has 2 aromatic rings. The molecule has 0 unspecified atom stereocenters. The molecule has 0 bridgehead atoms. The van der Waals surface area contributed by atoms with Gasteiger partial charge in [0.1, 0.15) is 12.4 Å². The summed E-state index contributed by atoms with van der Waals surface area (Å²) in [5, 5.41) is 4.07. The fourth-order valence-electron chi connectivity index (χ4n) is 1.22. The molecule has 0 fully saturated rings. The van der Waals surface area contributed by atoms with Crippen LogP contribution in [0, 0.1) is 0 Å². The molecule has 1 aromatic carbocycles. The monoisotopic (exact) mass is 219 g/mol. The Kier molecular flexibility index (Phi) is 2.63. The van der Waals surface area contributed by atoms with Crippen LogP contribution >= 0.6 is 0 Å². The summed E-state index contributed by atoms with van der Waals surface area (Å²) in [6.45, 7) is 0.287. The molecule has 2 rings (SSSR count). The summed E-state index contributed by atoms with van der Waals surface area (Å²) in [4.78, 5) is 4.02. The van der Waals surface area contributed by atoms with E-state index in [9.17, 15) is 0 Å². The Bertz CT molecular complexity index is 457. The van der Waals surface area contributed by atoms with Crippen molar-refractivity contribution in [2.24, 2.45) is 7.05 Å². The number of anilines is 2. The Morgan fingerprint density at radius 1 is 1.25 bits per heavy atom. The lowest BCUT2D eigenvalue weighted by atomic mass is 10.3. The van der Waals surface area contributed by atoms with Crippen LogP contribution in [0.4, 0.5) is 11.6 Å². The van der Waals surface area contributed by atoms with Gasteiger partial charge in [-0.15, -0.1) is 0 Å². The van der Waals surface area contributed by atoms with Gasteiger partial charge in [-0.1, -0.05) is 0 Å². The van der Waals surface area contributed by atoms with Crippen LogP contribution in [0.25, 0.3) is 0 Å². The minimum Gasteiger partial charge on any atom is -0.486 e. The number of nitrogens with zero attached hydrogens (tertiary/aromatic N) is 3. The average molecular weight is 219 g/mol. The highest BCUT2D eigenvalue weighted by atomic mass is 16.5. The molecule has 16 heavy (non-hydrogen) atoms. The van der Waals surface area contributed by atoms with Crippen molar-refractivity contribution in [2.75, 3.05) is 11.5 Å². The van der Waals surface area contributed by atoms with Gasteiger partial charge in [0.2, 0.25) is 5.95 Å². The van der Waals surface area contributed by atoms with Crippen LogP contribution in [-0.2, 0) is 13.7 Å². The van der Waals surface area contributed by atoms with Crippen molar-refractivity contribution < 1.29 is 4.74 Å². The Balaban J connectivity index is 1.99. The van der Waals surface area contributed by atoms with Crippen molar-refractivity contribution in [2.45, 2.75) is 6.61 Å². The number of nitrogens with two attached hydrogens (primary N) is 2.